The van der Waals surface area contributed by atoms with Gasteiger partial charge in [-0.1, -0.05) is 53.9 Å². The first kappa shape index (κ1) is 11.0. The van der Waals surface area contributed by atoms with Crippen LogP contribution < -0.4 is 0 Å². The Bertz CT molecular complexity index is 273. The van der Waals surface area contributed by atoms with Gasteiger partial charge >= 0.3 is 0 Å². The first-order valence-electron chi connectivity index (χ1n) is 3.27. The van der Waals surface area contributed by atoms with Gasteiger partial charge in [0.25, 0.3) is 0 Å². The molecule has 0 N–H and O–H groups in total. The van der Waals surface area contributed by atoms with Crippen LogP contribution >= 0.6 is 59.4 Å². The Hall–Kier alpha value is 0.950. The minimum absolute atomic E-state index is 0.173. The monoisotopic (exact) mass is 374 g/mol. The molecule has 0 saturated heterocycles. The molecule has 1 rings (SSSR count). The molecule has 66 valence electrons. The van der Waals surface area contributed by atoms with Crippen molar-refractivity contribution in [3.8, 4) is 0 Å². The average molecular weight is 377 g/mol. The lowest BCUT2D eigenvalue weighted by Crippen LogP contribution is -1.89. The highest BCUT2D eigenvalue weighted by Gasteiger charge is 2.07. The molecule has 0 aromatic heterocycles. The third kappa shape index (κ3) is 2.72. The van der Waals surface area contributed by atoms with E-state index in [-0.39, 0.29) is 3.74 Å². The second-order valence-corrected chi connectivity index (χ2v) is 6.52. The third-order valence-electron chi connectivity index (χ3n) is 1.48. The SMILES string of the molecule is ClCc1cc(Br)ccc1C(Br)Br. The normalized spacial score (nSPS) is 10.8. The Labute approximate surface area is 102 Å². The van der Waals surface area contributed by atoms with Crippen molar-refractivity contribution < 1.29 is 0 Å². The summed E-state index contributed by atoms with van der Waals surface area (Å²) >= 11 is 16.1. The molecule has 0 aliphatic carbocycles. The molecule has 0 heterocycles. The standard InChI is InChI=1S/C8H6Br3Cl/c9-6-1-2-7(8(10)11)5(3-6)4-12/h1-3,8H,4H2. The maximum atomic E-state index is 5.79. The van der Waals surface area contributed by atoms with Gasteiger partial charge in [0.15, 0.2) is 0 Å². The van der Waals surface area contributed by atoms with Crippen molar-refractivity contribution in [3.63, 3.8) is 0 Å². The van der Waals surface area contributed by atoms with Gasteiger partial charge in [0, 0.05) is 10.4 Å². The maximum Gasteiger partial charge on any atom is 0.0949 e. The van der Waals surface area contributed by atoms with Gasteiger partial charge in [-0.05, 0) is 23.3 Å². The number of benzene rings is 1. The average Bonchev–Trinajstić information content (AvgIpc) is 2.03. The number of alkyl halides is 3. The highest BCUT2D eigenvalue weighted by Crippen LogP contribution is 2.33. The minimum Gasteiger partial charge on any atom is -0.122 e. The number of hydrogen-bond acceptors (Lipinski definition) is 0. The molecule has 0 amide bonds. The third-order valence-corrected chi connectivity index (χ3v) is 3.25. The quantitative estimate of drug-likeness (QED) is 0.638. The van der Waals surface area contributed by atoms with Gasteiger partial charge in [-0.2, -0.15) is 0 Å². The molecule has 1 aromatic rings. The molecule has 0 spiro atoms. The van der Waals surface area contributed by atoms with Crippen molar-refractivity contribution in [2.45, 2.75) is 9.62 Å². The van der Waals surface area contributed by atoms with Crippen LogP contribution in [0.15, 0.2) is 22.7 Å². The Kier molecular flexibility index (Phi) is 4.58. The predicted molar refractivity (Wildman–Crippen MR) is 64.3 cm³/mol. The molecule has 0 aliphatic rings. The summed E-state index contributed by atoms with van der Waals surface area (Å²) in [6.45, 7) is 0. The molecule has 0 bridgehead atoms. The Morgan fingerprint density at radius 2 is 2.00 bits per heavy atom. The van der Waals surface area contributed by atoms with Crippen molar-refractivity contribution in [2.75, 3.05) is 0 Å². The van der Waals surface area contributed by atoms with E-state index >= 15 is 0 Å². The van der Waals surface area contributed by atoms with Gasteiger partial charge in [0.2, 0.25) is 0 Å². The summed E-state index contributed by atoms with van der Waals surface area (Å²) in [5.74, 6) is 0.530. The van der Waals surface area contributed by atoms with Crippen LogP contribution in [0.1, 0.15) is 14.9 Å². The van der Waals surface area contributed by atoms with Gasteiger partial charge in [-0.15, -0.1) is 11.6 Å². The summed E-state index contributed by atoms with van der Waals surface area (Å²) in [5.41, 5.74) is 2.30. The Balaban J connectivity index is 3.11. The minimum atomic E-state index is 0.173. The van der Waals surface area contributed by atoms with Crippen molar-refractivity contribution in [2.24, 2.45) is 0 Å². The van der Waals surface area contributed by atoms with E-state index in [2.05, 4.69) is 47.8 Å². The van der Waals surface area contributed by atoms with Crippen LogP contribution in [0.25, 0.3) is 0 Å². The summed E-state index contributed by atoms with van der Waals surface area (Å²) in [7, 11) is 0. The summed E-state index contributed by atoms with van der Waals surface area (Å²) in [4.78, 5) is 0. The van der Waals surface area contributed by atoms with E-state index in [0.29, 0.717) is 5.88 Å². The van der Waals surface area contributed by atoms with E-state index in [9.17, 15) is 0 Å². The summed E-state index contributed by atoms with van der Waals surface area (Å²) < 4.78 is 1.23. The molecule has 0 atom stereocenters. The lowest BCUT2D eigenvalue weighted by atomic mass is 10.1. The van der Waals surface area contributed by atoms with Crippen LogP contribution in [0.5, 0.6) is 0 Å². The van der Waals surface area contributed by atoms with Crippen LogP contribution in [0, 0.1) is 0 Å². The Morgan fingerprint density at radius 3 is 2.50 bits per heavy atom. The van der Waals surface area contributed by atoms with E-state index in [4.69, 9.17) is 11.6 Å². The molecule has 0 saturated carbocycles. The largest absolute Gasteiger partial charge is 0.122 e. The lowest BCUT2D eigenvalue weighted by Gasteiger charge is -2.08. The number of hydrogen-bond donors (Lipinski definition) is 0. The van der Waals surface area contributed by atoms with E-state index in [0.717, 1.165) is 10.0 Å². The first-order valence-corrected chi connectivity index (χ1v) is 6.43. The molecule has 0 aliphatic heterocycles. The smallest absolute Gasteiger partial charge is 0.0949 e. The van der Waals surface area contributed by atoms with Crippen LogP contribution in [0.4, 0.5) is 0 Å². The molecule has 0 radical (unpaired) electrons. The predicted octanol–water partition coefficient (Wildman–Crippen LogP) is 4.98. The fourth-order valence-corrected chi connectivity index (χ4v) is 2.44. The topological polar surface area (TPSA) is 0 Å². The second kappa shape index (κ2) is 4.99. The van der Waals surface area contributed by atoms with Crippen molar-refractivity contribution in [1.29, 1.82) is 0 Å². The van der Waals surface area contributed by atoms with E-state index in [1.165, 1.54) is 5.56 Å². The fraction of sp³-hybridized carbons (Fsp3) is 0.250. The second-order valence-electron chi connectivity index (χ2n) is 2.28. The van der Waals surface area contributed by atoms with E-state index < -0.39 is 0 Å². The molecular weight excluding hydrogens is 371 g/mol. The fourth-order valence-electron chi connectivity index (χ4n) is 0.903. The summed E-state index contributed by atoms with van der Waals surface area (Å²) in [5, 5.41) is 0. The number of rotatable bonds is 2. The van der Waals surface area contributed by atoms with E-state index in [1.807, 2.05) is 18.2 Å². The van der Waals surface area contributed by atoms with Gasteiger partial charge in [0.1, 0.15) is 0 Å². The molecule has 4 heteroatoms. The van der Waals surface area contributed by atoms with Crippen LogP contribution in [-0.2, 0) is 5.88 Å². The number of halogens is 4. The van der Waals surface area contributed by atoms with Crippen LogP contribution in [0.3, 0.4) is 0 Å². The maximum absolute atomic E-state index is 5.79. The van der Waals surface area contributed by atoms with Crippen molar-refractivity contribution in [3.05, 3.63) is 33.8 Å². The first-order chi connectivity index (χ1) is 5.65. The lowest BCUT2D eigenvalue weighted by molar-refractivity contribution is 1.27. The van der Waals surface area contributed by atoms with Crippen LogP contribution in [-0.4, -0.2) is 0 Å². The Morgan fingerprint density at radius 1 is 1.33 bits per heavy atom. The zero-order valence-electron chi connectivity index (χ0n) is 6.03. The van der Waals surface area contributed by atoms with Gasteiger partial charge in [-0.25, -0.2) is 0 Å². The van der Waals surface area contributed by atoms with Crippen molar-refractivity contribution in [1.82, 2.24) is 0 Å². The molecule has 12 heavy (non-hydrogen) atoms. The van der Waals surface area contributed by atoms with Crippen LogP contribution in [0.2, 0.25) is 0 Å². The highest BCUT2D eigenvalue weighted by molar-refractivity contribution is 9.24. The highest BCUT2D eigenvalue weighted by atomic mass is 79.9. The van der Waals surface area contributed by atoms with E-state index in [1.54, 1.807) is 0 Å². The zero-order valence-corrected chi connectivity index (χ0v) is 11.5. The molecular formula is C8H6Br3Cl. The van der Waals surface area contributed by atoms with Crippen molar-refractivity contribution >= 4 is 59.4 Å². The molecule has 0 fully saturated rings. The molecule has 0 unspecified atom stereocenters. The zero-order chi connectivity index (χ0) is 9.14. The molecule has 1 aromatic carbocycles. The summed E-state index contributed by atoms with van der Waals surface area (Å²) in [6.07, 6.45) is 0. The molecule has 0 nitrogen and oxygen atoms in total. The summed E-state index contributed by atoms with van der Waals surface area (Å²) in [6, 6.07) is 6.06. The van der Waals surface area contributed by atoms with Gasteiger partial charge in [-0.3, -0.25) is 0 Å². The van der Waals surface area contributed by atoms with Gasteiger partial charge in [0.05, 0.1) is 3.74 Å². The van der Waals surface area contributed by atoms with Gasteiger partial charge < -0.3 is 0 Å².